The molecule has 0 amide bonds. The van der Waals surface area contributed by atoms with Gasteiger partial charge in [-0.15, -0.1) is 0 Å². The van der Waals surface area contributed by atoms with Crippen molar-refractivity contribution in [3.63, 3.8) is 0 Å². The average Bonchev–Trinajstić information content (AvgIpc) is 2.59. The molecule has 0 aliphatic heterocycles. The second-order valence-corrected chi connectivity index (χ2v) is 5.26. The van der Waals surface area contributed by atoms with Crippen molar-refractivity contribution in [2.75, 3.05) is 0 Å². The first-order valence-electron chi connectivity index (χ1n) is 6.18. The summed E-state index contributed by atoms with van der Waals surface area (Å²) >= 11 is 0. The standard InChI is InChI=1S/C13H25N3/c1-6-10-8-11(16(5)15-10)9-12(14)13(3,4)7-2/h8,12H,6-7,9,14H2,1-5H3. The topological polar surface area (TPSA) is 43.8 Å². The maximum Gasteiger partial charge on any atom is 0.0624 e. The Bertz CT molecular complexity index is 339. The van der Waals surface area contributed by atoms with Gasteiger partial charge >= 0.3 is 0 Å². The SMILES string of the molecule is CCc1cc(CC(N)C(C)(C)CC)n(C)n1. The molecule has 1 atom stereocenters. The van der Waals surface area contributed by atoms with E-state index in [0.29, 0.717) is 0 Å². The first-order chi connectivity index (χ1) is 7.40. The van der Waals surface area contributed by atoms with Gasteiger partial charge in [0.1, 0.15) is 0 Å². The van der Waals surface area contributed by atoms with E-state index in [-0.39, 0.29) is 11.5 Å². The molecule has 3 nitrogen and oxygen atoms in total. The van der Waals surface area contributed by atoms with E-state index in [0.717, 1.165) is 25.0 Å². The Kier molecular flexibility index (Phi) is 4.14. The molecule has 0 bridgehead atoms. The molecule has 0 aliphatic rings. The van der Waals surface area contributed by atoms with Gasteiger partial charge in [-0.1, -0.05) is 27.7 Å². The van der Waals surface area contributed by atoms with Crippen molar-refractivity contribution in [3.8, 4) is 0 Å². The molecular formula is C13H25N3. The molecule has 1 aromatic heterocycles. The summed E-state index contributed by atoms with van der Waals surface area (Å²) in [5.74, 6) is 0. The Morgan fingerprint density at radius 2 is 2.06 bits per heavy atom. The fourth-order valence-corrected chi connectivity index (χ4v) is 1.70. The zero-order valence-corrected chi connectivity index (χ0v) is 11.2. The van der Waals surface area contributed by atoms with E-state index in [1.54, 1.807) is 0 Å². The van der Waals surface area contributed by atoms with Crippen LogP contribution in [0.3, 0.4) is 0 Å². The molecule has 0 aliphatic carbocycles. The Labute approximate surface area is 99.0 Å². The lowest BCUT2D eigenvalue weighted by atomic mass is 9.80. The van der Waals surface area contributed by atoms with Crippen LogP contribution in [0.15, 0.2) is 6.07 Å². The summed E-state index contributed by atoms with van der Waals surface area (Å²) in [5, 5.41) is 4.45. The van der Waals surface area contributed by atoms with Gasteiger partial charge in [-0.3, -0.25) is 4.68 Å². The van der Waals surface area contributed by atoms with Crippen LogP contribution in [0.2, 0.25) is 0 Å². The molecule has 0 saturated carbocycles. The third-order valence-electron chi connectivity index (χ3n) is 3.73. The first-order valence-corrected chi connectivity index (χ1v) is 6.18. The van der Waals surface area contributed by atoms with Crippen molar-refractivity contribution >= 4 is 0 Å². The molecule has 1 heterocycles. The van der Waals surface area contributed by atoms with Crippen molar-refractivity contribution in [1.29, 1.82) is 0 Å². The summed E-state index contributed by atoms with van der Waals surface area (Å²) in [6, 6.07) is 2.36. The van der Waals surface area contributed by atoms with E-state index in [1.807, 2.05) is 11.7 Å². The first kappa shape index (κ1) is 13.2. The second-order valence-electron chi connectivity index (χ2n) is 5.26. The molecule has 1 rings (SSSR count). The van der Waals surface area contributed by atoms with Gasteiger partial charge in [0.25, 0.3) is 0 Å². The van der Waals surface area contributed by atoms with Crippen molar-refractivity contribution in [2.45, 2.75) is 53.0 Å². The van der Waals surface area contributed by atoms with Crippen LogP contribution >= 0.6 is 0 Å². The van der Waals surface area contributed by atoms with Crippen LogP contribution in [0, 0.1) is 5.41 Å². The van der Waals surface area contributed by atoms with Crippen molar-refractivity contribution < 1.29 is 0 Å². The number of nitrogens with two attached hydrogens (primary N) is 1. The molecule has 0 radical (unpaired) electrons. The zero-order chi connectivity index (χ0) is 12.3. The summed E-state index contributed by atoms with van der Waals surface area (Å²) in [7, 11) is 2.00. The zero-order valence-electron chi connectivity index (χ0n) is 11.2. The van der Waals surface area contributed by atoms with E-state index in [4.69, 9.17) is 5.73 Å². The Hall–Kier alpha value is -0.830. The number of aromatic nitrogens is 2. The van der Waals surface area contributed by atoms with Gasteiger partial charge in [0.2, 0.25) is 0 Å². The van der Waals surface area contributed by atoms with Crippen molar-refractivity contribution in [1.82, 2.24) is 9.78 Å². The van der Waals surface area contributed by atoms with Gasteiger partial charge in [0.15, 0.2) is 0 Å². The van der Waals surface area contributed by atoms with Gasteiger partial charge in [-0.2, -0.15) is 5.10 Å². The van der Waals surface area contributed by atoms with Crippen LogP contribution in [-0.4, -0.2) is 15.8 Å². The minimum absolute atomic E-state index is 0.191. The Morgan fingerprint density at radius 1 is 1.44 bits per heavy atom. The minimum atomic E-state index is 0.191. The Morgan fingerprint density at radius 3 is 2.50 bits per heavy atom. The molecule has 2 N–H and O–H groups in total. The summed E-state index contributed by atoms with van der Waals surface area (Å²) in [5.41, 5.74) is 8.86. The van der Waals surface area contributed by atoms with Crippen LogP contribution in [0.1, 0.15) is 45.5 Å². The maximum absolute atomic E-state index is 6.27. The highest BCUT2D eigenvalue weighted by Gasteiger charge is 2.25. The highest BCUT2D eigenvalue weighted by molar-refractivity contribution is 5.12. The number of rotatable bonds is 5. The fraction of sp³-hybridized carbons (Fsp3) is 0.769. The highest BCUT2D eigenvalue weighted by atomic mass is 15.3. The van der Waals surface area contributed by atoms with Crippen LogP contribution in [-0.2, 0) is 19.9 Å². The highest BCUT2D eigenvalue weighted by Crippen LogP contribution is 2.25. The van der Waals surface area contributed by atoms with Crippen molar-refractivity contribution in [2.24, 2.45) is 18.2 Å². The third kappa shape index (κ3) is 2.85. The monoisotopic (exact) mass is 223 g/mol. The molecule has 0 spiro atoms. The van der Waals surface area contributed by atoms with E-state index in [9.17, 15) is 0 Å². The summed E-state index contributed by atoms with van der Waals surface area (Å²) < 4.78 is 1.96. The largest absolute Gasteiger partial charge is 0.327 e. The van der Waals surface area contributed by atoms with Gasteiger partial charge in [0, 0.05) is 25.2 Å². The van der Waals surface area contributed by atoms with E-state index < -0.39 is 0 Å². The maximum atomic E-state index is 6.27. The molecule has 0 saturated heterocycles. The average molecular weight is 223 g/mol. The second kappa shape index (κ2) is 5.00. The fourth-order valence-electron chi connectivity index (χ4n) is 1.70. The number of aryl methyl sites for hydroxylation is 2. The summed E-state index contributed by atoms with van der Waals surface area (Å²) in [6.45, 7) is 8.78. The Balaban J connectivity index is 2.76. The quantitative estimate of drug-likeness (QED) is 0.832. The molecule has 92 valence electrons. The molecule has 1 unspecified atom stereocenters. The summed E-state index contributed by atoms with van der Waals surface area (Å²) in [6.07, 6.45) is 3.00. The number of hydrogen-bond donors (Lipinski definition) is 1. The van der Waals surface area contributed by atoms with Gasteiger partial charge in [-0.25, -0.2) is 0 Å². The predicted octanol–water partition coefficient (Wildman–Crippen LogP) is 2.29. The molecule has 1 aromatic rings. The summed E-state index contributed by atoms with van der Waals surface area (Å²) in [4.78, 5) is 0. The number of hydrogen-bond acceptors (Lipinski definition) is 2. The molecule has 0 fully saturated rings. The van der Waals surface area contributed by atoms with Gasteiger partial charge in [-0.05, 0) is 24.3 Å². The lowest BCUT2D eigenvalue weighted by molar-refractivity contribution is 0.270. The van der Waals surface area contributed by atoms with Crippen LogP contribution in [0.5, 0.6) is 0 Å². The molecule has 0 aromatic carbocycles. The smallest absolute Gasteiger partial charge is 0.0624 e. The third-order valence-corrected chi connectivity index (χ3v) is 3.73. The van der Waals surface area contributed by atoms with E-state index in [1.165, 1.54) is 5.69 Å². The lowest BCUT2D eigenvalue weighted by Gasteiger charge is -2.30. The lowest BCUT2D eigenvalue weighted by Crippen LogP contribution is -2.39. The van der Waals surface area contributed by atoms with Crippen molar-refractivity contribution in [3.05, 3.63) is 17.5 Å². The van der Waals surface area contributed by atoms with E-state index >= 15 is 0 Å². The van der Waals surface area contributed by atoms with Crippen LogP contribution < -0.4 is 5.73 Å². The molecule has 3 heteroatoms. The number of nitrogens with zero attached hydrogens (tertiary/aromatic N) is 2. The normalized spacial score (nSPS) is 14.1. The van der Waals surface area contributed by atoms with Crippen LogP contribution in [0.25, 0.3) is 0 Å². The van der Waals surface area contributed by atoms with Crippen LogP contribution in [0.4, 0.5) is 0 Å². The van der Waals surface area contributed by atoms with E-state index in [2.05, 4.69) is 38.9 Å². The van der Waals surface area contributed by atoms with Gasteiger partial charge in [0.05, 0.1) is 5.69 Å². The minimum Gasteiger partial charge on any atom is -0.327 e. The predicted molar refractivity (Wildman–Crippen MR) is 68.3 cm³/mol. The molecule has 16 heavy (non-hydrogen) atoms. The van der Waals surface area contributed by atoms with Gasteiger partial charge < -0.3 is 5.73 Å². The molecular weight excluding hydrogens is 198 g/mol.